The van der Waals surface area contributed by atoms with Gasteiger partial charge in [-0.2, -0.15) is 0 Å². The van der Waals surface area contributed by atoms with Crippen molar-refractivity contribution in [1.82, 2.24) is 4.90 Å². The molecule has 2 N–H and O–H groups in total. The quantitative estimate of drug-likeness (QED) is 0.651. The van der Waals surface area contributed by atoms with Crippen LogP contribution in [0.5, 0.6) is 0 Å². The summed E-state index contributed by atoms with van der Waals surface area (Å²) in [6.45, 7) is 0.708. The highest BCUT2D eigenvalue weighted by molar-refractivity contribution is 7.12. The summed E-state index contributed by atoms with van der Waals surface area (Å²) in [5, 5.41) is 7.49. The molecule has 1 fully saturated rings. The summed E-state index contributed by atoms with van der Waals surface area (Å²) in [5.74, 6) is -0.227. The number of carbonyl (C=O) groups excluding carboxylic acids is 3. The third-order valence-electron chi connectivity index (χ3n) is 4.65. The molecule has 1 aromatic carbocycles. The Kier molecular flexibility index (Phi) is 5.44. The average molecular weight is 409 g/mol. The highest BCUT2D eigenvalue weighted by atomic mass is 32.1. The third kappa shape index (κ3) is 4.55. The molecule has 8 heteroatoms. The van der Waals surface area contributed by atoms with E-state index in [9.17, 15) is 14.4 Å². The van der Waals surface area contributed by atoms with Gasteiger partial charge in [-0.3, -0.25) is 14.4 Å². The van der Waals surface area contributed by atoms with Gasteiger partial charge >= 0.3 is 0 Å². The van der Waals surface area contributed by atoms with Crippen LogP contribution in [0, 0.1) is 5.92 Å². The molecule has 1 aliphatic rings. The highest BCUT2D eigenvalue weighted by Gasteiger charge is 2.34. The number of benzene rings is 1. The fourth-order valence-corrected chi connectivity index (χ4v) is 3.83. The topological polar surface area (TPSA) is 91.7 Å². The highest BCUT2D eigenvalue weighted by Crippen LogP contribution is 2.23. The largest absolute Gasteiger partial charge is 0.467 e. The second-order valence-corrected chi connectivity index (χ2v) is 7.70. The van der Waals surface area contributed by atoms with Crippen LogP contribution in [0.25, 0.3) is 0 Å². The fourth-order valence-electron chi connectivity index (χ4n) is 3.21. The van der Waals surface area contributed by atoms with E-state index in [0.717, 1.165) is 0 Å². The number of hydrogen-bond donors (Lipinski definition) is 2. The first kappa shape index (κ1) is 18.9. The smallest absolute Gasteiger partial charge is 0.265 e. The Labute approximate surface area is 171 Å². The second kappa shape index (κ2) is 8.32. The molecule has 1 atom stereocenters. The molecule has 3 aromatic rings. The van der Waals surface area contributed by atoms with Crippen molar-refractivity contribution < 1.29 is 18.8 Å². The lowest BCUT2D eigenvalue weighted by Crippen LogP contribution is -2.27. The standard InChI is InChI=1S/C21H19N3O4S/c25-19-10-14(12-24(19)13-17-6-2-8-28-17)20(26)22-15-4-1-5-16(11-15)23-21(27)18-7-3-9-29-18/h1-9,11,14H,10,12-13H2,(H,22,26)(H,23,27). The van der Waals surface area contributed by atoms with Gasteiger partial charge in [0.15, 0.2) is 0 Å². The van der Waals surface area contributed by atoms with Gasteiger partial charge in [0.05, 0.1) is 23.6 Å². The summed E-state index contributed by atoms with van der Waals surface area (Å²) < 4.78 is 5.28. The van der Waals surface area contributed by atoms with Crippen molar-refractivity contribution in [3.63, 3.8) is 0 Å². The van der Waals surface area contributed by atoms with Crippen LogP contribution < -0.4 is 10.6 Å². The van der Waals surface area contributed by atoms with Crippen LogP contribution in [0.1, 0.15) is 21.9 Å². The van der Waals surface area contributed by atoms with Gasteiger partial charge in [-0.1, -0.05) is 12.1 Å². The number of furan rings is 1. The van der Waals surface area contributed by atoms with Crippen LogP contribution in [0.2, 0.25) is 0 Å². The third-order valence-corrected chi connectivity index (χ3v) is 5.51. The number of thiophene rings is 1. The molecule has 0 saturated carbocycles. The lowest BCUT2D eigenvalue weighted by atomic mass is 10.1. The zero-order valence-electron chi connectivity index (χ0n) is 15.5. The lowest BCUT2D eigenvalue weighted by molar-refractivity contribution is -0.128. The van der Waals surface area contributed by atoms with Gasteiger partial charge in [-0.25, -0.2) is 0 Å². The molecule has 4 rings (SSSR count). The van der Waals surface area contributed by atoms with Gasteiger partial charge in [0.2, 0.25) is 11.8 Å². The number of rotatable bonds is 6. The van der Waals surface area contributed by atoms with E-state index >= 15 is 0 Å². The van der Waals surface area contributed by atoms with E-state index in [-0.39, 0.29) is 24.1 Å². The van der Waals surface area contributed by atoms with E-state index in [1.807, 2.05) is 11.4 Å². The fraction of sp³-hybridized carbons (Fsp3) is 0.190. The molecule has 1 aliphatic heterocycles. The van der Waals surface area contributed by atoms with Crippen LogP contribution in [-0.4, -0.2) is 29.2 Å². The average Bonchev–Trinajstić information content (AvgIpc) is 3.45. The predicted octanol–water partition coefficient (Wildman–Crippen LogP) is 3.58. The predicted molar refractivity (Wildman–Crippen MR) is 110 cm³/mol. The van der Waals surface area contributed by atoms with Crippen LogP contribution in [-0.2, 0) is 16.1 Å². The number of carbonyl (C=O) groups is 3. The molecular weight excluding hydrogens is 390 g/mol. The van der Waals surface area contributed by atoms with Crippen molar-refractivity contribution in [2.75, 3.05) is 17.2 Å². The van der Waals surface area contributed by atoms with Gasteiger partial charge in [0.1, 0.15) is 5.76 Å². The molecule has 0 bridgehead atoms. The summed E-state index contributed by atoms with van der Waals surface area (Å²) in [4.78, 5) is 39.3. The first-order valence-corrected chi connectivity index (χ1v) is 10.0. The van der Waals surface area contributed by atoms with Gasteiger partial charge in [0, 0.05) is 24.3 Å². The van der Waals surface area contributed by atoms with Crippen molar-refractivity contribution in [3.8, 4) is 0 Å². The molecule has 0 radical (unpaired) electrons. The van der Waals surface area contributed by atoms with E-state index in [0.29, 0.717) is 35.1 Å². The van der Waals surface area contributed by atoms with Gasteiger partial charge in [0.25, 0.3) is 5.91 Å². The normalized spacial score (nSPS) is 16.1. The van der Waals surface area contributed by atoms with Crippen LogP contribution in [0.15, 0.2) is 64.6 Å². The summed E-state index contributed by atoms with van der Waals surface area (Å²) in [5.41, 5.74) is 1.15. The number of nitrogens with one attached hydrogen (secondary N) is 2. The molecule has 1 saturated heterocycles. The monoisotopic (exact) mass is 409 g/mol. The second-order valence-electron chi connectivity index (χ2n) is 6.76. The van der Waals surface area contributed by atoms with Crippen molar-refractivity contribution in [1.29, 1.82) is 0 Å². The first-order valence-electron chi connectivity index (χ1n) is 9.14. The zero-order valence-corrected chi connectivity index (χ0v) is 16.3. The summed E-state index contributed by atoms with van der Waals surface area (Å²) >= 11 is 1.36. The molecule has 3 amide bonds. The Bertz CT molecular complexity index is 1010. The van der Waals surface area contributed by atoms with Crippen molar-refractivity contribution in [3.05, 3.63) is 70.8 Å². The number of anilines is 2. The maximum atomic E-state index is 12.6. The molecule has 2 aromatic heterocycles. The number of amides is 3. The number of likely N-dealkylation sites (tertiary alicyclic amines) is 1. The molecule has 7 nitrogen and oxygen atoms in total. The van der Waals surface area contributed by atoms with E-state index in [1.54, 1.807) is 53.6 Å². The van der Waals surface area contributed by atoms with Crippen LogP contribution >= 0.6 is 11.3 Å². The number of hydrogen-bond acceptors (Lipinski definition) is 5. The Morgan fingerprint density at radius 2 is 1.93 bits per heavy atom. The maximum absolute atomic E-state index is 12.6. The van der Waals surface area contributed by atoms with E-state index < -0.39 is 5.92 Å². The van der Waals surface area contributed by atoms with Gasteiger partial charge in [-0.05, 0) is 41.8 Å². The molecule has 1 unspecified atom stereocenters. The SMILES string of the molecule is O=C(Nc1cccc(NC(=O)C2CC(=O)N(Cc3ccco3)C2)c1)c1cccs1. The lowest BCUT2D eigenvalue weighted by Gasteiger charge is -2.15. The minimum Gasteiger partial charge on any atom is -0.467 e. The van der Waals surface area contributed by atoms with Gasteiger partial charge < -0.3 is 20.0 Å². The first-order chi connectivity index (χ1) is 14.1. The summed E-state index contributed by atoms with van der Waals surface area (Å²) in [6, 6.07) is 14.1. The minimum atomic E-state index is -0.429. The Morgan fingerprint density at radius 1 is 1.10 bits per heavy atom. The Balaban J connectivity index is 1.36. The van der Waals surface area contributed by atoms with E-state index in [2.05, 4.69) is 10.6 Å². The molecule has 0 spiro atoms. The van der Waals surface area contributed by atoms with Crippen LogP contribution in [0.3, 0.4) is 0 Å². The van der Waals surface area contributed by atoms with E-state index in [4.69, 9.17) is 4.42 Å². The van der Waals surface area contributed by atoms with Crippen LogP contribution in [0.4, 0.5) is 11.4 Å². The summed E-state index contributed by atoms with van der Waals surface area (Å²) in [7, 11) is 0. The van der Waals surface area contributed by atoms with Crippen molar-refractivity contribution in [2.45, 2.75) is 13.0 Å². The molecule has 3 heterocycles. The van der Waals surface area contributed by atoms with E-state index in [1.165, 1.54) is 11.3 Å². The molecule has 0 aliphatic carbocycles. The van der Waals surface area contributed by atoms with Crippen molar-refractivity contribution >= 4 is 40.4 Å². The number of nitrogens with zero attached hydrogens (tertiary/aromatic N) is 1. The summed E-state index contributed by atoms with van der Waals surface area (Å²) in [6.07, 6.45) is 1.73. The molecule has 29 heavy (non-hydrogen) atoms. The Morgan fingerprint density at radius 3 is 2.66 bits per heavy atom. The van der Waals surface area contributed by atoms with Gasteiger partial charge in [-0.15, -0.1) is 11.3 Å². The minimum absolute atomic E-state index is 0.0708. The van der Waals surface area contributed by atoms with Crippen molar-refractivity contribution in [2.24, 2.45) is 5.92 Å². The maximum Gasteiger partial charge on any atom is 0.265 e. The molecule has 148 valence electrons. The molecular formula is C21H19N3O4S. The Hall–Kier alpha value is -3.39. The zero-order chi connectivity index (χ0) is 20.2.